The Bertz CT molecular complexity index is 734. The second-order valence-electron chi connectivity index (χ2n) is 8.79. The summed E-state index contributed by atoms with van der Waals surface area (Å²) >= 11 is 0. The zero-order chi connectivity index (χ0) is 19.7. The lowest BCUT2D eigenvalue weighted by molar-refractivity contribution is -0.131. The Balaban J connectivity index is 1.30. The maximum absolute atomic E-state index is 12.8. The average molecular weight is 385 g/mol. The van der Waals surface area contributed by atoms with Crippen LogP contribution in [0.3, 0.4) is 0 Å². The van der Waals surface area contributed by atoms with Crippen molar-refractivity contribution in [1.82, 2.24) is 10.2 Å². The van der Waals surface area contributed by atoms with Crippen molar-refractivity contribution in [2.24, 2.45) is 11.8 Å². The van der Waals surface area contributed by atoms with E-state index in [0.29, 0.717) is 18.9 Å². The van der Waals surface area contributed by atoms with E-state index in [1.807, 2.05) is 11.0 Å². The van der Waals surface area contributed by atoms with Crippen LogP contribution in [0.1, 0.15) is 50.2 Å². The first-order chi connectivity index (χ1) is 13.5. The van der Waals surface area contributed by atoms with Gasteiger partial charge in [-0.1, -0.05) is 36.8 Å². The van der Waals surface area contributed by atoms with E-state index < -0.39 is 0 Å². The molecule has 2 bridgehead atoms. The summed E-state index contributed by atoms with van der Waals surface area (Å²) in [4.78, 5) is 27.5. The van der Waals surface area contributed by atoms with Gasteiger partial charge in [0.25, 0.3) is 0 Å². The lowest BCUT2D eigenvalue weighted by atomic mass is 9.88. The van der Waals surface area contributed by atoms with Gasteiger partial charge in [0.15, 0.2) is 0 Å². The number of benzene rings is 1. The number of ether oxygens (including phenoxy) is 1. The number of amides is 2. The van der Waals surface area contributed by atoms with Gasteiger partial charge in [-0.25, -0.2) is 0 Å². The van der Waals surface area contributed by atoms with Gasteiger partial charge in [0.2, 0.25) is 11.8 Å². The van der Waals surface area contributed by atoms with Gasteiger partial charge in [-0.05, 0) is 50.5 Å². The van der Waals surface area contributed by atoms with E-state index in [1.54, 1.807) is 0 Å². The Morgan fingerprint density at radius 3 is 2.79 bits per heavy atom. The third kappa shape index (κ3) is 4.09. The molecule has 3 saturated heterocycles. The molecule has 5 atom stereocenters. The number of fused-ring (bicyclic) bond motifs is 2. The van der Waals surface area contributed by atoms with Crippen molar-refractivity contribution in [1.29, 1.82) is 0 Å². The fourth-order valence-electron chi connectivity index (χ4n) is 5.13. The number of hydrogen-bond acceptors (Lipinski definition) is 3. The van der Waals surface area contributed by atoms with Crippen LogP contribution in [0.2, 0.25) is 0 Å². The molecule has 28 heavy (non-hydrogen) atoms. The lowest BCUT2D eigenvalue weighted by Gasteiger charge is -2.23. The minimum Gasteiger partial charge on any atom is -0.374 e. The summed E-state index contributed by atoms with van der Waals surface area (Å²) < 4.78 is 5.84. The molecule has 3 aliphatic rings. The van der Waals surface area contributed by atoms with Gasteiger partial charge in [-0.3, -0.25) is 9.59 Å². The van der Waals surface area contributed by atoms with Gasteiger partial charge in [-0.2, -0.15) is 0 Å². The molecule has 5 heteroatoms. The van der Waals surface area contributed by atoms with Gasteiger partial charge in [0.05, 0.1) is 24.2 Å². The minimum absolute atomic E-state index is 0.00216. The molecule has 152 valence electrons. The lowest BCUT2D eigenvalue weighted by Crippen LogP contribution is -2.45. The molecule has 0 unspecified atom stereocenters. The maximum atomic E-state index is 12.8. The molecule has 1 aromatic carbocycles. The van der Waals surface area contributed by atoms with Crippen LogP contribution in [0.15, 0.2) is 24.3 Å². The number of rotatable bonds is 6. The highest BCUT2D eigenvalue weighted by Crippen LogP contribution is 2.39. The highest BCUT2D eigenvalue weighted by molar-refractivity contribution is 5.81. The Kier molecular flexibility index (Phi) is 5.72. The number of nitrogens with zero attached hydrogens (tertiary/aromatic N) is 1. The number of hydrogen-bond donors (Lipinski definition) is 1. The molecular formula is C23H32N2O3. The minimum atomic E-state index is 0.00216. The summed E-state index contributed by atoms with van der Waals surface area (Å²) in [7, 11) is 0. The highest BCUT2D eigenvalue weighted by atomic mass is 16.5. The zero-order valence-electron chi connectivity index (χ0n) is 17.0. The van der Waals surface area contributed by atoms with E-state index in [2.05, 4.69) is 37.4 Å². The summed E-state index contributed by atoms with van der Waals surface area (Å²) in [5, 5.41) is 3.26. The first kappa shape index (κ1) is 19.4. The van der Waals surface area contributed by atoms with Crippen molar-refractivity contribution in [2.75, 3.05) is 13.1 Å². The van der Waals surface area contributed by atoms with E-state index in [4.69, 9.17) is 4.74 Å². The van der Waals surface area contributed by atoms with E-state index in [-0.39, 0.29) is 36.0 Å². The van der Waals surface area contributed by atoms with Crippen molar-refractivity contribution in [3.63, 3.8) is 0 Å². The van der Waals surface area contributed by atoms with E-state index in [0.717, 1.165) is 38.6 Å². The Hall–Kier alpha value is -1.88. The summed E-state index contributed by atoms with van der Waals surface area (Å²) in [6, 6.07) is 8.42. The van der Waals surface area contributed by atoms with Crippen molar-refractivity contribution < 1.29 is 14.3 Å². The first-order valence-corrected chi connectivity index (χ1v) is 10.8. The summed E-state index contributed by atoms with van der Waals surface area (Å²) in [6.07, 6.45) is 5.63. The number of nitrogens with one attached hydrogen (secondary N) is 1. The number of carbonyl (C=O) groups is 2. The molecule has 1 N–H and O–H groups in total. The van der Waals surface area contributed by atoms with E-state index in [1.165, 1.54) is 11.1 Å². The molecule has 2 amide bonds. The van der Waals surface area contributed by atoms with Crippen molar-refractivity contribution in [3.8, 4) is 0 Å². The molecule has 0 aromatic heterocycles. The van der Waals surface area contributed by atoms with Crippen molar-refractivity contribution in [3.05, 3.63) is 35.4 Å². The molecule has 3 fully saturated rings. The van der Waals surface area contributed by atoms with Crippen LogP contribution in [-0.2, 0) is 20.7 Å². The highest BCUT2D eigenvalue weighted by Gasteiger charge is 2.45. The third-order valence-electron chi connectivity index (χ3n) is 6.80. The SMILES string of the molecule is CC[C@@H]1CN(C(=O)CCc2cccc(C)c2)C[C@@H]1NC(=O)[C@@H]1C[C@H]2CC[C@@H]1O2. The topological polar surface area (TPSA) is 58.6 Å². The van der Waals surface area contributed by atoms with Crippen LogP contribution < -0.4 is 5.32 Å². The third-order valence-corrected chi connectivity index (χ3v) is 6.80. The zero-order valence-corrected chi connectivity index (χ0v) is 17.0. The smallest absolute Gasteiger partial charge is 0.226 e. The van der Waals surface area contributed by atoms with E-state index >= 15 is 0 Å². The van der Waals surface area contributed by atoms with Crippen LogP contribution in [0, 0.1) is 18.8 Å². The largest absolute Gasteiger partial charge is 0.374 e. The molecule has 3 heterocycles. The number of aryl methyl sites for hydroxylation is 2. The van der Waals surface area contributed by atoms with Crippen LogP contribution >= 0.6 is 0 Å². The Morgan fingerprint density at radius 2 is 2.11 bits per heavy atom. The van der Waals surface area contributed by atoms with Crippen molar-refractivity contribution >= 4 is 11.8 Å². The summed E-state index contributed by atoms with van der Waals surface area (Å²) in [6.45, 7) is 5.61. The predicted octanol–water partition coefficient (Wildman–Crippen LogP) is 2.85. The van der Waals surface area contributed by atoms with Crippen LogP contribution in [0.4, 0.5) is 0 Å². The van der Waals surface area contributed by atoms with Gasteiger partial charge >= 0.3 is 0 Å². The van der Waals surface area contributed by atoms with Crippen LogP contribution in [0.25, 0.3) is 0 Å². The summed E-state index contributed by atoms with van der Waals surface area (Å²) in [5.74, 6) is 0.665. The van der Waals surface area contributed by atoms with Gasteiger partial charge in [0.1, 0.15) is 0 Å². The van der Waals surface area contributed by atoms with E-state index in [9.17, 15) is 9.59 Å². The fourth-order valence-corrected chi connectivity index (χ4v) is 5.13. The fraction of sp³-hybridized carbons (Fsp3) is 0.652. The van der Waals surface area contributed by atoms with Crippen LogP contribution in [-0.4, -0.2) is 48.1 Å². The van der Waals surface area contributed by atoms with Gasteiger partial charge < -0.3 is 15.0 Å². The second-order valence-corrected chi connectivity index (χ2v) is 8.79. The number of carbonyl (C=O) groups excluding carboxylic acids is 2. The molecule has 1 aromatic rings. The first-order valence-electron chi connectivity index (χ1n) is 10.8. The predicted molar refractivity (Wildman–Crippen MR) is 108 cm³/mol. The molecular weight excluding hydrogens is 352 g/mol. The normalized spacial score (nSPS) is 31.4. The average Bonchev–Trinajstić information content (AvgIpc) is 3.41. The number of likely N-dealkylation sites (tertiary alicyclic amines) is 1. The standard InChI is InChI=1S/C23H32N2O3/c1-3-17-13-25(22(26)10-7-16-6-4-5-15(2)11-16)14-20(17)24-23(27)19-12-18-8-9-21(19)28-18/h4-6,11,17-21H,3,7-10,12-14H2,1-2H3,(H,24,27)/t17-,18-,19-,20+,21+/m1/s1. The molecule has 0 radical (unpaired) electrons. The van der Waals surface area contributed by atoms with Crippen LogP contribution in [0.5, 0.6) is 0 Å². The monoisotopic (exact) mass is 384 g/mol. The molecule has 0 spiro atoms. The maximum Gasteiger partial charge on any atom is 0.226 e. The second kappa shape index (κ2) is 8.24. The van der Waals surface area contributed by atoms with Gasteiger partial charge in [0, 0.05) is 19.5 Å². The quantitative estimate of drug-likeness (QED) is 0.820. The van der Waals surface area contributed by atoms with Crippen molar-refractivity contribution in [2.45, 2.75) is 70.6 Å². The molecule has 0 aliphatic carbocycles. The van der Waals surface area contributed by atoms with Gasteiger partial charge in [-0.15, -0.1) is 0 Å². The Morgan fingerprint density at radius 1 is 1.25 bits per heavy atom. The molecule has 3 aliphatic heterocycles. The summed E-state index contributed by atoms with van der Waals surface area (Å²) in [5.41, 5.74) is 2.44. The molecule has 5 nitrogen and oxygen atoms in total. The molecule has 0 saturated carbocycles. The Labute approximate surface area is 167 Å². The molecule has 4 rings (SSSR count).